The van der Waals surface area contributed by atoms with Crippen LogP contribution < -0.4 is 0 Å². The van der Waals surface area contributed by atoms with Crippen molar-refractivity contribution >= 4 is 12.0 Å². The van der Waals surface area contributed by atoms with Gasteiger partial charge in [0.1, 0.15) is 5.76 Å². The van der Waals surface area contributed by atoms with E-state index < -0.39 is 11.7 Å². The molecule has 2 heterocycles. The minimum Gasteiger partial charge on any atom is -0.465 e. The Balaban J connectivity index is 1.61. The lowest BCUT2D eigenvalue weighted by molar-refractivity contribution is -0.139. The molecular weight excluding hydrogens is 357 g/mol. The van der Waals surface area contributed by atoms with E-state index in [4.69, 9.17) is 4.42 Å². The van der Waals surface area contributed by atoms with Crippen LogP contribution >= 0.6 is 0 Å². The highest BCUT2D eigenvalue weighted by Crippen LogP contribution is 2.32. The van der Waals surface area contributed by atoms with Crippen LogP contribution in [0.3, 0.4) is 0 Å². The third kappa shape index (κ3) is 5.23. The van der Waals surface area contributed by atoms with Crippen molar-refractivity contribution in [2.24, 2.45) is 0 Å². The molecular formula is C20H21F3N2O2. The van der Waals surface area contributed by atoms with E-state index in [0.29, 0.717) is 32.6 Å². The maximum atomic E-state index is 13.2. The molecule has 1 fully saturated rings. The van der Waals surface area contributed by atoms with Crippen molar-refractivity contribution in [3.05, 3.63) is 65.6 Å². The molecule has 0 spiro atoms. The first-order valence-electron chi connectivity index (χ1n) is 8.79. The molecule has 2 aromatic rings. The van der Waals surface area contributed by atoms with Gasteiger partial charge in [0.05, 0.1) is 11.8 Å². The molecule has 1 aliphatic heterocycles. The molecule has 0 atom stereocenters. The van der Waals surface area contributed by atoms with E-state index in [1.165, 1.54) is 17.0 Å². The highest BCUT2D eigenvalue weighted by Gasteiger charge is 2.33. The number of rotatable bonds is 5. The fourth-order valence-corrected chi connectivity index (χ4v) is 3.10. The topological polar surface area (TPSA) is 36.7 Å². The summed E-state index contributed by atoms with van der Waals surface area (Å²) in [6, 6.07) is 9.08. The van der Waals surface area contributed by atoms with E-state index in [1.807, 2.05) is 18.2 Å². The summed E-state index contributed by atoms with van der Waals surface area (Å²) in [5.41, 5.74) is -0.551. The number of hydrogen-bond acceptors (Lipinski definition) is 3. The average molecular weight is 378 g/mol. The standard InChI is InChI=1S/C20H21F3N2O2/c21-20(22,23)18-8-2-1-5-16(18)15-25-13-12-24(11-9-19(25)26)10-3-6-17-7-4-14-27-17/h1-8,14H,9-13,15H2. The van der Waals surface area contributed by atoms with Crippen LogP contribution in [0, 0.1) is 0 Å². The van der Waals surface area contributed by atoms with Crippen molar-refractivity contribution in [1.29, 1.82) is 0 Å². The first-order valence-corrected chi connectivity index (χ1v) is 8.79. The molecule has 0 saturated carbocycles. The van der Waals surface area contributed by atoms with Crippen LogP contribution in [0.5, 0.6) is 0 Å². The van der Waals surface area contributed by atoms with Gasteiger partial charge < -0.3 is 9.32 Å². The average Bonchev–Trinajstić information content (AvgIpc) is 3.08. The molecule has 27 heavy (non-hydrogen) atoms. The lowest BCUT2D eigenvalue weighted by Crippen LogP contribution is -2.33. The molecule has 0 N–H and O–H groups in total. The second-order valence-electron chi connectivity index (χ2n) is 6.44. The predicted molar refractivity (Wildman–Crippen MR) is 95.7 cm³/mol. The van der Waals surface area contributed by atoms with Crippen molar-refractivity contribution in [2.75, 3.05) is 26.2 Å². The van der Waals surface area contributed by atoms with Crippen molar-refractivity contribution < 1.29 is 22.4 Å². The Hall–Kier alpha value is -2.54. The first-order chi connectivity index (χ1) is 12.9. The minimum atomic E-state index is -4.42. The molecule has 0 radical (unpaired) electrons. The largest absolute Gasteiger partial charge is 0.465 e. The van der Waals surface area contributed by atoms with E-state index in [1.54, 1.807) is 18.4 Å². The molecule has 4 nitrogen and oxygen atoms in total. The maximum absolute atomic E-state index is 13.2. The van der Waals surface area contributed by atoms with Gasteiger partial charge in [0.15, 0.2) is 0 Å². The summed E-state index contributed by atoms with van der Waals surface area (Å²) in [4.78, 5) is 16.0. The molecule has 0 bridgehead atoms. The number of alkyl halides is 3. The monoisotopic (exact) mass is 378 g/mol. The normalized spacial score (nSPS) is 16.9. The molecule has 1 saturated heterocycles. The zero-order valence-electron chi connectivity index (χ0n) is 14.8. The molecule has 0 aliphatic carbocycles. The van der Waals surface area contributed by atoms with Crippen molar-refractivity contribution in [2.45, 2.75) is 19.1 Å². The van der Waals surface area contributed by atoms with Crippen LogP contribution in [0.15, 0.2) is 53.2 Å². The Morgan fingerprint density at radius 1 is 1.07 bits per heavy atom. The third-order valence-corrected chi connectivity index (χ3v) is 4.55. The van der Waals surface area contributed by atoms with Gasteiger partial charge in [-0.1, -0.05) is 24.3 Å². The second kappa shape index (κ2) is 8.43. The fourth-order valence-electron chi connectivity index (χ4n) is 3.10. The Kier molecular flexibility index (Phi) is 6.01. The van der Waals surface area contributed by atoms with Gasteiger partial charge in [0.2, 0.25) is 5.91 Å². The van der Waals surface area contributed by atoms with Gasteiger partial charge in [-0.2, -0.15) is 13.2 Å². The summed E-state index contributed by atoms with van der Waals surface area (Å²) in [7, 11) is 0. The van der Waals surface area contributed by atoms with Crippen LogP contribution in [0.25, 0.3) is 6.08 Å². The number of amides is 1. The van der Waals surface area contributed by atoms with E-state index in [9.17, 15) is 18.0 Å². The molecule has 3 rings (SSSR count). The molecule has 0 unspecified atom stereocenters. The van der Waals surface area contributed by atoms with Gasteiger partial charge in [-0.05, 0) is 29.8 Å². The third-order valence-electron chi connectivity index (χ3n) is 4.55. The Bertz CT molecular complexity index is 785. The smallest absolute Gasteiger partial charge is 0.416 e. The summed E-state index contributed by atoms with van der Waals surface area (Å²) in [5, 5.41) is 0. The number of halogens is 3. The maximum Gasteiger partial charge on any atom is 0.416 e. The first kappa shape index (κ1) is 19.2. The zero-order valence-corrected chi connectivity index (χ0v) is 14.8. The number of nitrogens with zero attached hydrogens (tertiary/aromatic N) is 2. The molecule has 1 aromatic carbocycles. The van der Waals surface area contributed by atoms with Gasteiger partial charge in [0.25, 0.3) is 0 Å². The number of benzene rings is 1. The van der Waals surface area contributed by atoms with Gasteiger partial charge in [-0.3, -0.25) is 9.69 Å². The lowest BCUT2D eigenvalue weighted by atomic mass is 10.1. The van der Waals surface area contributed by atoms with Gasteiger partial charge in [0, 0.05) is 39.1 Å². The summed E-state index contributed by atoms with van der Waals surface area (Å²) in [6.45, 7) is 2.23. The quantitative estimate of drug-likeness (QED) is 0.788. The highest BCUT2D eigenvalue weighted by atomic mass is 19.4. The second-order valence-corrected chi connectivity index (χ2v) is 6.44. The molecule has 1 aliphatic rings. The Morgan fingerprint density at radius 2 is 1.89 bits per heavy atom. The van der Waals surface area contributed by atoms with E-state index in [-0.39, 0.29) is 18.0 Å². The van der Waals surface area contributed by atoms with E-state index in [2.05, 4.69) is 4.90 Å². The van der Waals surface area contributed by atoms with Crippen LogP contribution in [0.2, 0.25) is 0 Å². The summed E-state index contributed by atoms with van der Waals surface area (Å²) in [6.07, 6.45) is 1.29. The van der Waals surface area contributed by atoms with Crippen LogP contribution in [-0.2, 0) is 17.5 Å². The van der Waals surface area contributed by atoms with E-state index in [0.717, 1.165) is 11.8 Å². The number of carbonyl (C=O) groups is 1. The van der Waals surface area contributed by atoms with Crippen LogP contribution in [-0.4, -0.2) is 41.9 Å². The lowest BCUT2D eigenvalue weighted by Gasteiger charge is -2.23. The fraction of sp³-hybridized carbons (Fsp3) is 0.350. The van der Waals surface area contributed by atoms with Gasteiger partial charge in [-0.25, -0.2) is 0 Å². The number of furan rings is 1. The number of hydrogen-bond donors (Lipinski definition) is 0. The van der Waals surface area contributed by atoms with E-state index >= 15 is 0 Å². The summed E-state index contributed by atoms with van der Waals surface area (Å²) in [5.74, 6) is 0.635. The van der Waals surface area contributed by atoms with Crippen molar-refractivity contribution in [3.8, 4) is 0 Å². The number of carbonyl (C=O) groups excluding carboxylic acids is 1. The molecule has 1 aromatic heterocycles. The Labute approximate surface area is 155 Å². The van der Waals surface area contributed by atoms with Gasteiger partial charge >= 0.3 is 6.18 Å². The SMILES string of the molecule is O=C1CCN(CC=Cc2ccco2)CCN1Cc1ccccc1C(F)(F)F. The predicted octanol–water partition coefficient (Wildman–Crippen LogP) is 4.05. The Morgan fingerprint density at radius 3 is 2.63 bits per heavy atom. The molecule has 144 valence electrons. The van der Waals surface area contributed by atoms with Crippen LogP contribution in [0.4, 0.5) is 13.2 Å². The molecule has 1 amide bonds. The summed E-state index contributed by atoms with van der Waals surface area (Å²) >= 11 is 0. The minimum absolute atomic E-state index is 0.0232. The summed E-state index contributed by atoms with van der Waals surface area (Å²) < 4.78 is 44.7. The van der Waals surface area contributed by atoms with Crippen molar-refractivity contribution in [3.63, 3.8) is 0 Å². The van der Waals surface area contributed by atoms with Gasteiger partial charge in [-0.15, -0.1) is 0 Å². The highest BCUT2D eigenvalue weighted by molar-refractivity contribution is 5.76. The molecule has 7 heteroatoms. The zero-order chi connectivity index (χ0) is 19.3. The van der Waals surface area contributed by atoms with Crippen LogP contribution in [0.1, 0.15) is 23.3 Å². The van der Waals surface area contributed by atoms with Crippen molar-refractivity contribution in [1.82, 2.24) is 9.80 Å².